The summed E-state index contributed by atoms with van der Waals surface area (Å²) in [7, 11) is 0. The average Bonchev–Trinajstić information content (AvgIpc) is 3.20. The molecular weight excluding hydrogens is 368 g/mol. The van der Waals surface area contributed by atoms with Gasteiger partial charge in [0.15, 0.2) is 0 Å². The summed E-state index contributed by atoms with van der Waals surface area (Å²) in [5, 5.41) is 0.629. The summed E-state index contributed by atoms with van der Waals surface area (Å²) in [6.45, 7) is 0.972. The molecule has 140 valence electrons. The van der Waals surface area contributed by atoms with Crippen LogP contribution in [0, 0.1) is 0 Å². The van der Waals surface area contributed by atoms with Crippen LogP contribution in [0.1, 0.15) is 28.8 Å². The lowest BCUT2D eigenvalue weighted by atomic mass is 10.2. The third-order valence-corrected chi connectivity index (χ3v) is 4.27. The monoisotopic (exact) mass is 386 g/mol. The van der Waals surface area contributed by atoms with E-state index in [1.54, 1.807) is 54.6 Å². The van der Waals surface area contributed by atoms with E-state index in [0.29, 0.717) is 16.3 Å². The van der Waals surface area contributed by atoms with Crippen molar-refractivity contribution >= 4 is 29.6 Å². The number of benzene rings is 2. The van der Waals surface area contributed by atoms with Crippen LogP contribution in [0.4, 0.5) is 0 Å². The minimum absolute atomic E-state index is 0.0124. The van der Waals surface area contributed by atoms with Gasteiger partial charge in [0.05, 0.1) is 11.7 Å². The highest BCUT2D eigenvalue weighted by Crippen LogP contribution is 2.16. The first kappa shape index (κ1) is 19.1. The Kier molecular flexibility index (Phi) is 6.63. The molecule has 0 spiro atoms. The van der Waals surface area contributed by atoms with Crippen LogP contribution in [0.5, 0.6) is 5.75 Å². The van der Waals surface area contributed by atoms with Crippen LogP contribution in [0.15, 0.2) is 54.6 Å². The number of hydrogen-bond donors (Lipinski definition) is 0. The summed E-state index contributed by atoms with van der Waals surface area (Å²) < 4.78 is 15.9. The number of carbonyl (C=O) groups is 2. The molecule has 0 radical (unpaired) electrons. The molecule has 0 bridgehead atoms. The molecule has 2 aromatic rings. The van der Waals surface area contributed by atoms with Crippen molar-refractivity contribution in [3.8, 4) is 5.75 Å². The first-order chi connectivity index (χ1) is 13.1. The van der Waals surface area contributed by atoms with Gasteiger partial charge < -0.3 is 14.2 Å². The van der Waals surface area contributed by atoms with E-state index in [2.05, 4.69) is 0 Å². The Morgan fingerprint density at radius 3 is 2.52 bits per heavy atom. The van der Waals surface area contributed by atoms with Gasteiger partial charge in [0.25, 0.3) is 0 Å². The molecule has 1 saturated heterocycles. The molecule has 2 aromatic carbocycles. The standard InChI is InChI=1S/C21H19ClO5/c22-17-8-3-15(4-9-17)5-12-20(23)27-18-10-6-16(7-11-18)21(24)26-14-19-2-1-13-25-19/h3-12,19H,1-2,13-14H2/b12-5+. The van der Waals surface area contributed by atoms with Crippen molar-refractivity contribution in [1.29, 1.82) is 0 Å². The fourth-order valence-electron chi connectivity index (χ4n) is 2.58. The van der Waals surface area contributed by atoms with Crippen LogP contribution in [0.3, 0.4) is 0 Å². The third kappa shape index (κ3) is 5.94. The van der Waals surface area contributed by atoms with Gasteiger partial charge in [-0.3, -0.25) is 0 Å². The van der Waals surface area contributed by atoms with Gasteiger partial charge >= 0.3 is 11.9 Å². The summed E-state index contributed by atoms with van der Waals surface area (Å²) in [4.78, 5) is 23.9. The second kappa shape index (κ2) is 9.35. The van der Waals surface area contributed by atoms with Crippen molar-refractivity contribution in [2.24, 2.45) is 0 Å². The highest BCUT2D eigenvalue weighted by atomic mass is 35.5. The van der Waals surface area contributed by atoms with Gasteiger partial charge in [0.2, 0.25) is 0 Å². The summed E-state index contributed by atoms with van der Waals surface area (Å²) in [5.41, 5.74) is 1.23. The van der Waals surface area contributed by atoms with E-state index < -0.39 is 11.9 Å². The van der Waals surface area contributed by atoms with E-state index in [4.69, 9.17) is 25.8 Å². The van der Waals surface area contributed by atoms with E-state index in [9.17, 15) is 9.59 Å². The summed E-state index contributed by atoms with van der Waals surface area (Å²) in [5.74, 6) is -0.596. The zero-order valence-corrected chi connectivity index (χ0v) is 15.4. The molecular formula is C21H19ClO5. The fourth-order valence-corrected chi connectivity index (χ4v) is 2.70. The molecule has 1 aliphatic rings. The number of esters is 2. The lowest BCUT2D eigenvalue weighted by Crippen LogP contribution is -2.17. The Morgan fingerprint density at radius 1 is 1.11 bits per heavy atom. The van der Waals surface area contributed by atoms with Crippen LogP contribution in [-0.4, -0.2) is 31.3 Å². The maximum absolute atomic E-state index is 12.0. The number of rotatable bonds is 6. The van der Waals surface area contributed by atoms with Crippen molar-refractivity contribution in [1.82, 2.24) is 0 Å². The summed E-state index contributed by atoms with van der Waals surface area (Å²) in [6, 6.07) is 13.3. The van der Waals surface area contributed by atoms with Gasteiger partial charge in [-0.25, -0.2) is 9.59 Å². The molecule has 1 aliphatic heterocycles. The molecule has 1 unspecified atom stereocenters. The number of ether oxygens (including phenoxy) is 3. The van der Waals surface area contributed by atoms with E-state index in [1.807, 2.05) is 0 Å². The Hall–Kier alpha value is -2.63. The van der Waals surface area contributed by atoms with E-state index in [1.165, 1.54) is 6.08 Å². The lowest BCUT2D eigenvalue weighted by Gasteiger charge is -2.10. The molecule has 27 heavy (non-hydrogen) atoms. The molecule has 1 atom stereocenters. The largest absolute Gasteiger partial charge is 0.459 e. The normalized spacial score (nSPS) is 16.4. The van der Waals surface area contributed by atoms with Gasteiger partial charge in [-0.1, -0.05) is 23.7 Å². The van der Waals surface area contributed by atoms with Gasteiger partial charge in [-0.2, -0.15) is 0 Å². The molecule has 0 saturated carbocycles. The number of hydrogen-bond acceptors (Lipinski definition) is 5. The Balaban J connectivity index is 1.49. The van der Waals surface area contributed by atoms with Gasteiger partial charge in [-0.15, -0.1) is 0 Å². The van der Waals surface area contributed by atoms with E-state index in [0.717, 1.165) is 25.0 Å². The van der Waals surface area contributed by atoms with Crippen LogP contribution < -0.4 is 4.74 Å². The molecule has 3 rings (SSSR count). The fraction of sp³-hybridized carbons (Fsp3) is 0.238. The van der Waals surface area contributed by atoms with Crippen molar-refractivity contribution in [2.45, 2.75) is 18.9 Å². The van der Waals surface area contributed by atoms with E-state index >= 15 is 0 Å². The molecule has 1 fully saturated rings. The summed E-state index contributed by atoms with van der Waals surface area (Å²) >= 11 is 5.81. The van der Waals surface area contributed by atoms with Crippen molar-refractivity contribution < 1.29 is 23.8 Å². The maximum atomic E-state index is 12.0. The zero-order valence-electron chi connectivity index (χ0n) is 14.6. The smallest absolute Gasteiger partial charge is 0.338 e. The minimum atomic E-state index is -0.515. The summed E-state index contributed by atoms with van der Waals surface area (Å²) in [6.07, 6.45) is 4.85. The lowest BCUT2D eigenvalue weighted by molar-refractivity contribution is -0.128. The van der Waals surface area contributed by atoms with Crippen molar-refractivity contribution in [2.75, 3.05) is 13.2 Å². The zero-order chi connectivity index (χ0) is 19.1. The number of halogens is 1. The maximum Gasteiger partial charge on any atom is 0.338 e. The molecule has 0 N–H and O–H groups in total. The van der Waals surface area contributed by atoms with Gasteiger partial charge in [0, 0.05) is 17.7 Å². The molecule has 0 amide bonds. The Bertz CT molecular complexity index is 805. The van der Waals surface area contributed by atoms with Gasteiger partial charge in [0.1, 0.15) is 12.4 Å². The van der Waals surface area contributed by atoms with Crippen LogP contribution in [0.25, 0.3) is 6.08 Å². The second-order valence-corrected chi connectivity index (χ2v) is 6.50. The first-order valence-corrected chi connectivity index (χ1v) is 9.02. The quantitative estimate of drug-likeness (QED) is 0.421. The first-order valence-electron chi connectivity index (χ1n) is 8.64. The highest BCUT2D eigenvalue weighted by Gasteiger charge is 2.18. The third-order valence-electron chi connectivity index (χ3n) is 4.01. The highest BCUT2D eigenvalue weighted by molar-refractivity contribution is 6.30. The molecule has 5 nitrogen and oxygen atoms in total. The topological polar surface area (TPSA) is 61.8 Å². The van der Waals surface area contributed by atoms with Gasteiger partial charge in [-0.05, 0) is 60.9 Å². The predicted molar refractivity (Wildman–Crippen MR) is 102 cm³/mol. The number of carbonyl (C=O) groups excluding carboxylic acids is 2. The molecule has 6 heteroatoms. The predicted octanol–water partition coefficient (Wildman–Crippen LogP) is 4.29. The van der Waals surface area contributed by atoms with Crippen molar-refractivity contribution in [3.05, 3.63) is 70.8 Å². The molecule has 0 aromatic heterocycles. The average molecular weight is 387 g/mol. The minimum Gasteiger partial charge on any atom is -0.459 e. The Morgan fingerprint density at radius 2 is 1.85 bits per heavy atom. The molecule has 1 heterocycles. The Labute approximate surface area is 162 Å². The molecule has 0 aliphatic carbocycles. The SMILES string of the molecule is O=C(/C=C/c1ccc(Cl)cc1)Oc1ccc(C(=O)OCC2CCCO2)cc1. The van der Waals surface area contributed by atoms with E-state index in [-0.39, 0.29) is 12.7 Å². The van der Waals surface area contributed by atoms with Crippen LogP contribution in [0.2, 0.25) is 5.02 Å². The second-order valence-electron chi connectivity index (χ2n) is 6.06. The van der Waals surface area contributed by atoms with Crippen LogP contribution in [-0.2, 0) is 14.3 Å². The van der Waals surface area contributed by atoms with Crippen LogP contribution >= 0.6 is 11.6 Å². The van der Waals surface area contributed by atoms with Crippen molar-refractivity contribution in [3.63, 3.8) is 0 Å².